The Morgan fingerprint density at radius 2 is 2.29 bits per heavy atom. The molecule has 1 saturated heterocycles. The predicted octanol–water partition coefficient (Wildman–Crippen LogP) is 3.01. The number of halogens is 1. The maximum Gasteiger partial charge on any atom is 0.308 e. The number of amides is 1. The molecule has 2 heterocycles. The zero-order chi connectivity index (χ0) is 15.0. The number of hydrogen-bond acceptors (Lipinski definition) is 4. The molecule has 1 aromatic heterocycles. The second-order valence-corrected chi connectivity index (χ2v) is 6.52. The molecule has 1 aliphatic heterocycles. The highest BCUT2D eigenvalue weighted by atomic mass is 79.9. The highest BCUT2D eigenvalue weighted by Crippen LogP contribution is 2.32. The van der Waals surface area contributed by atoms with Crippen molar-refractivity contribution in [2.75, 3.05) is 11.4 Å². The van der Waals surface area contributed by atoms with Gasteiger partial charge in [0.05, 0.1) is 11.6 Å². The summed E-state index contributed by atoms with van der Waals surface area (Å²) in [5.41, 5.74) is 1.73. The Balaban J connectivity index is 1.86. The number of hydrogen-bond donors (Lipinski definition) is 1. The number of rotatable bonds is 3. The van der Waals surface area contributed by atoms with Crippen molar-refractivity contribution in [3.63, 3.8) is 0 Å². The number of benzene rings is 1. The van der Waals surface area contributed by atoms with Crippen LogP contribution >= 0.6 is 27.3 Å². The van der Waals surface area contributed by atoms with Gasteiger partial charge in [0.15, 0.2) is 5.13 Å². The molecule has 21 heavy (non-hydrogen) atoms. The zero-order valence-corrected chi connectivity index (χ0v) is 13.2. The van der Waals surface area contributed by atoms with Gasteiger partial charge in [-0.2, -0.15) is 0 Å². The van der Waals surface area contributed by atoms with Crippen LogP contribution in [0.3, 0.4) is 0 Å². The lowest BCUT2D eigenvalue weighted by atomic mass is 10.1. The minimum Gasteiger partial charge on any atom is -0.481 e. The summed E-state index contributed by atoms with van der Waals surface area (Å²) in [6.07, 6.45) is 0.0428. The van der Waals surface area contributed by atoms with Crippen molar-refractivity contribution < 1.29 is 14.7 Å². The Bertz CT molecular complexity index is 716. The lowest BCUT2D eigenvalue weighted by Crippen LogP contribution is -2.25. The number of carboxylic acid groups (broad SMARTS) is 1. The van der Waals surface area contributed by atoms with Gasteiger partial charge in [-0.25, -0.2) is 4.98 Å². The van der Waals surface area contributed by atoms with Crippen LogP contribution in [0.2, 0.25) is 0 Å². The monoisotopic (exact) mass is 366 g/mol. The first-order valence-electron chi connectivity index (χ1n) is 6.29. The van der Waals surface area contributed by atoms with Gasteiger partial charge in [-0.3, -0.25) is 14.5 Å². The van der Waals surface area contributed by atoms with E-state index in [1.807, 2.05) is 29.6 Å². The van der Waals surface area contributed by atoms with Crippen molar-refractivity contribution in [1.29, 1.82) is 0 Å². The van der Waals surface area contributed by atoms with E-state index in [0.29, 0.717) is 5.13 Å². The Labute approximate surface area is 133 Å². The fourth-order valence-electron chi connectivity index (χ4n) is 2.23. The molecule has 0 spiro atoms. The van der Waals surface area contributed by atoms with Crippen LogP contribution in [0.25, 0.3) is 11.3 Å². The first kappa shape index (κ1) is 14.2. The molecule has 1 aromatic carbocycles. The van der Waals surface area contributed by atoms with E-state index < -0.39 is 11.9 Å². The molecule has 1 aliphatic rings. The van der Waals surface area contributed by atoms with Gasteiger partial charge in [0, 0.05) is 28.4 Å². The summed E-state index contributed by atoms with van der Waals surface area (Å²) in [4.78, 5) is 28.8. The third-order valence-corrected chi connectivity index (χ3v) is 4.67. The molecule has 108 valence electrons. The first-order valence-corrected chi connectivity index (χ1v) is 7.96. The molecule has 1 fully saturated rings. The molecular formula is C14H11BrN2O3S. The number of nitrogens with zero attached hydrogens (tertiary/aromatic N) is 2. The number of thiazole rings is 1. The molecule has 0 aliphatic carbocycles. The number of carboxylic acids is 1. The lowest BCUT2D eigenvalue weighted by Gasteiger charge is -2.11. The SMILES string of the molecule is O=C(O)C1CC(=O)N(c2nc(-c3cccc(Br)c3)cs2)C1. The summed E-state index contributed by atoms with van der Waals surface area (Å²) >= 11 is 4.76. The molecule has 1 N–H and O–H groups in total. The molecule has 2 aromatic rings. The second kappa shape index (κ2) is 5.57. The van der Waals surface area contributed by atoms with Crippen LogP contribution in [0.1, 0.15) is 6.42 Å². The standard InChI is InChI=1S/C14H11BrN2O3S/c15-10-3-1-2-8(4-10)11-7-21-14(16-11)17-6-9(13(19)20)5-12(17)18/h1-4,7,9H,5-6H2,(H,19,20). The highest BCUT2D eigenvalue weighted by molar-refractivity contribution is 9.10. The van der Waals surface area contributed by atoms with E-state index >= 15 is 0 Å². The third-order valence-electron chi connectivity index (χ3n) is 3.32. The van der Waals surface area contributed by atoms with Crippen molar-refractivity contribution >= 4 is 44.3 Å². The average molecular weight is 367 g/mol. The van der Waals surface area contributed by atoms with E-state index in [9.17, 15) is 9.59 Å². The van der Waals surface area contributed by atoms with Crippen molar-refractivity contribution in [3.8, 4) is 11.3 Å². The Hall–Kier alpha value is -1.73. The van der Waals surface area contributed by atoms with Gasteiger partial charge in [0.1, 0.15) is 0 Å². The molecular weight excluding hydrogens is 356 g/mol. The second-order valence-electron chi connectivity index (χ2n) is 4.77. The van der Waals surface area contributed by atoms with Crippen molar-refractivity contribution in [3.05, 3.63) is 34.1 Å². The van der Waals surface area contributed by atoms with Crippen LogP contribution in [0.4, 0.5) is 5.13 Å². The highest BCUT2D eigenvalue weighted by Gasteiger charge is 2.36. The molecule has 3 rings (SSSR count). The predicted molar refractivity (Wildman–Crippen MR) is 83.3 cm³/mol. The summed E-state index contributed by atoms with van der Waals surface area (Å²) in [6.45, 7) is 0.194. The van der Waals surface area contributed by atoms with Gasteiger partial charge in [0.2, 0.25) is 5.91 Å². The number of carbonyl (C=O) groups is 2. The first-order chi connectivity index (χ1) is 10.0. The minimum atomic E-state index is -0.936. The van der Waals surface area contributed by atoms with Crippen molar-refractivity contribution in [2.45, 2.75) is 6.42 Å². The Kier molecular flexibility index (Phi) is 3.77. The fraction of sp³-hybridized carbons (Fsp3) is 0.214. The molecule has 1 unspecified atom stereocenters. The van der Waals surface area contributed by atoms with E-state index in [-0.39, 0.29) is 18.9 Å². The molecule has 0 saturated carbocycles. The third kappa shape index (κ3) is 2.84. The largest absolute Gasteiger partial charge is 0.481 e. The average Bonchev–Trinajstić information content (AvgIpc) is 3.05. The molecule has 1 atom stereocenters. The quantitative estimate of drug-likeness (QED) is 0.906. The maximum atomic E-state index is 11.9. The molecule has 5 nitrogen and oxygen atoms in total. The minimum absolute atomic E-state index is 0.0428. The van der Waals surface area contributed by atoms with Crippen molar-refractivity contribution in [1.82, 2.24) is 4.98 Å². The number of aromatic nitrogens is 1. The van der Waals surface area contributed by atoms with Gasteiger partial charge in [-0.1, -0.05) is 28.1 Å². The van der Waals surface area contributed by atoms with E-state index in [1.54, 1.807) is 0 Å². The van der Waals surface area contributed by atoms with E-state index in [1.165, 1.54) is 16.2 Å². The smallest absolute Gasteiger partial charge is 0.308 e. The Morgan fingerprint density at radius 1 is 1.48 bits per heavy atom. The van der Waals surface area contributed by atoms with E-state index in [2.05, 4.69) is 20.9 Å². The van der Waals surface area contributed by atoms with Crippen LogP contribution in [-0.2, 0) is 9.59 Å². The lowest BCUT2D eigenvalue weighted by molar-refractivity contribution is -0.141. The van der Waals surface area contributed by atoms with Gasteiger partial charge in [-0.15, -0.1) is 11.3 Å². The van der Waals surface area contributed by atoms with Crippen LogP contribution in [-0.4, -0.2) is 28.5 Å². The topological polar surface area (TPSA) is 70.5 Å². The van der Waals surface area contributed by atoms with Gasteiger partial charge >= 0.3 is 5.97 Å². The van der Waals surface area contributed by atoms with Gasteiger partial charge < -0.3 is 5.11 Å². The number of aliphatic carboxylic acids is 1. The van der Waals surface area contributed by atoms with Crippen molar-refractivity contribution in [2.24, 2.45) is 5.92 Å². The van der Waals surface area contributed by atoms with Crippen LogP contribution in [0.15, 0.2) is 34.1 Å². The Morgan fingerprint density at radius 3 is 2.95 bits per heavy atom. The van der Waals surface area contributed by atoms with Crippen LogP contribution in [0, 0.1) is 5.92 Å². The zero-order valence-electron chi connectivity index (χ0n) is 10.8. The number of anilines is 1. The maximum absolute atomic E-state index is 11.9. The normalized spacial score (nSPS) is 18.2. The molecule has 7 heteroatoms. The summed E-state index contributed by atoms with van der Waals surface area (Å²) in [5.74, 6) is -1.76. The van der Waals surface area contributed by atoms with Crippen LogP contribution < -0.4 is 4.90 Å². The molecule has 0 radical (unpaired) electrons. The summed E-state index contributed by atoms with van der Waals surface area (Å²) in [5, 5.41) is 11.4. The van der Waals surface area contributed by atoms with E-state index in [0.717, 1.165) is 15.7 Å². The van der Waals surface area contributed by atoms with Gasteiger partial charge in [-0.05, 0) is 12.1 Å². The van der Waals surface area contributed by atoms with Crippen LogP contribution in [0.5, 0.6) is 0 Å². The number of carbonyl (C=O) groups excluding carboxylic acids is 1. The summed E-state index contributed by atoms with van der Waals surface area (Å²) in [6, 6.07) is 7.73. The molecule has 0 bridgehead atoms. The van der Waals surface area contributed by atoms with Gasteiger partial charge in [0.25, 0.3) is 0 Å². The summed E-state index contributed by atoms with van der Waals surface area (Å²) < 4.78 is 0.956. The molecule has 1 amide bonds. The summed E-state index contributed by atoms with van der Waals surface area (Å²) in [7, 11) is 0. The van der Waals surface area contributed by atoms with E-state index in [4.69, 9.17) is 5.11 Å². The fourth-order valence-corrected chi connectivity index (χ4v) is 3.49.